The number of hydrogen-bond acceptors (Lipinski definition) is 4. The summed E-state index contributed by atoms with van der Waals surface area (Å²) >= 11 is 5.93. The van der Waals surface area contributed by atoms with Gasteiger partial charge in [-0.2, -0.15) is 0 Å². The Labute approximate surface area is 126 Å². The summed E-state index contributed by atoms with van der Waals surface area (Å²) in [7, 11) is 0. The van der Waals surface area contributed by atoms with Gasteiger partial charge in [0.25, 0.3) is 5.91 Å². The zero-order chi connectivity index (χ0) is 15.2. The van der Waals surface area contributed by atoms with Crippen LogP contribution in [0, 0.1) is 0 Å². The van der Waals surface area contributed by atoms with Crippen LogP contribution in [0.15, 0.2) is 48.5 Å². The minimum absolute atomic E-state index is 0.129. The highest BCUT2D eigenvalue weighted by Gasteiger charge is 2.13. The maximum atomic E-state index is 12.0. The van der Waals surface area contributed by atoms with E-state index in [0.717, 1.165) is 0 Å². The van der Waals surface area contributed by atoms with Crippen molar-refractivity contribution in [2.24, 2.45) is 0 Å². The maximum absolute atomic E-state index is 12.0. The Morgan fingerprint density at radius 3 is 2.48 bits per heavy atom. The normalized spacial score (nSPS) is 10.0. The van der Waals surface area contributed by atoms with Gasteiger partial charge in [-0.15, -0.1) is 0 Å². The highest BCUT2D eigenvalue weighted by atomic mass is 35.5. The third-order valence-corrected chi connectivity index (χ3v) is 3.17. The molecule has 0 aromatic heterocycles. The Hall–Kier alpha value is -2.37. The van der Waals surface area contributed by atoms with Crippen LogP contribution in [-0.2, 0) is 0 Å². The highest BCUT2D eigenvalue weighted by Crippen LogP contribution is 2.20. The molecule has 0 saturated carbocycles. The van der Waals surface area contributed by atoms with Crippen molar-refractivity contribution >= 4 is 29.0 Å². The SMILES string of the molecule is O=C(CNC(=O)c1cc(NO)ccc1Cl)c1ccccc1. The lowest BCUT2D eigenvalue weighted by atomic mass is 10.1. The lowest BCUT2D eigenvalue weighted by Crippen LogP contribution is -2.29. The molecule has 0 saturated heterocycles. The predicted octanol–water partition coefficient (Wildman–Crippen LogP) is 2.75. The summed E-state index contributed by atoms with van der Waals surface area (Å²) in [5, 5.41) is 11.6. The minimum atomic E-state index is -0.485. The molecule has 0 unspecified atom stereocenters. The third kappa shape index (κ3) is 3.81. The second-order valence-corrected chi connectivity index (χ2v) is 4.69. The van der Waals surface area contributed by atoms with Gasteiger partial charge in [0.2, 0.25) is 0 Å². The number of anilines is 1. The molecule has 5 nitrogen and oxygen atoms in total. The number of carbonyl (C=O) groups excluding carboxylic acids is 2. The molecule has 0 radical (unpaired) electrons. The molecular formula is C15H13ClN2O3. The van der Waals surface area contributed by atoms with E-state index >= 15 is 0 Å². The fourth-order valence-electron chi connectivity index (χ4n) is 1.75. The lowest BCUT2D eigenvalue weighted by molar-refractivity contribution is 0.0904. The molecule has 0 fully saturated rings. The number of ketones is 1. The Morgan fingerprint density at radius 2 is 1.81 bits per heavy atom. The summed E-state index contributed by atoms with van der Waals surface area (Å²) in [6.07, 6.45) is 0. The molecule has 1 amide bonds. The van der Waals surface area contributed by atoms with Crippen molar-refractivity contribution in [3.8, 4) is 0 Å². The Balaban J connectivity index is 2.04. The second kappa shape index (κ2) is 6.88. The van der Waals surface area contributed by atoms with E-state index in [-0.39, 0.29) is 22.9 Å². The van der Waals surface area contributed by atoms with Crippen LogP contribution in [0.3, 0.4) is 0 Å². The Bertz CT molecular complexity index is 659. The number of halogens is 1. The first-order valence-electron chi connectivity index (χ1n) is 6.18. The molecule has 0 aliphatic heterocycles. The third-order valence-electron chi connectivity index (χ3n) is 2.85. The standard InChI is InChI=1S/C15H13ClN2O3/c16-13-7-6-11(18-21)8-12(13)15(20)17-9-14(19)10-4-2-1-3-5-10/h1-8,18,21H,9H2,(H,17,20). The van der Waals surface area contributed by atoms with E-state index in [0.29, 0.717) is 11.3 Å². The summed E-state index contributed by atoms with van der Waals surface area (Å²) in [5.41, 5.74) is 2.97. The minimum Gasteiger partial charge on any atom is -0.345 e. The zero-order valence-electron chi connectivity index (χ0n) is 11.0. The first-order valence-corrected chi connectivity index (χ1v) is 6.55. The van der Waals surface area contributed by atoms with Crippen molar-refractivity contribution in [1.82, 2.24) is 5.32 Å². The van der Waals surface area contributed by atoms with E-state index in [1.807, 2.05) is 11.5 Å². The van der Waals surface area contributed by atoms with Crippen molar-refractivity contribution in [2.75, 3.05) is 12.0 Å². The van der Waals surface area contributed by atoms with Crippen LogP contribution in [0.4, 0.5) is 5.69 Å². The van der Waals surface area contributed by atoms with E-state index in [1.165, 1.54) is 18.2 Å². The number of hydrogen-bond donors (Lipinski definition) is 3. The lowest BCUT2D eigenvalue weighted by Gasteiger charge is -2.08. The molecule has 2 aromatic rings. The quantitative estimate of drug-likeness (QED) is 0.586. The topological polar surface area (TPSA) is 78.4 Å². The zero-order valence-corrected chi connectivity index (χ0v) is 11.7. The van der Waals surface area contributed by atoms with E-state index in [9.17, 15) is 9.59 Å². The molecular weight excluding hydrogens is 292 g/mol. The van der Waals surface area contributed by atoms with Gasteiger partial charge in [-0.05, 0) is 18.2 Å². The van der Waals surface area contributed by atoms with E-state index in [1.54, 1.807) is 24.3 Å². The van der Waals surface area contributed by atoms with Gasteiger partial charge in [0.15, 0.2) is 5.78 Å². The van der Waals surface area contributed by atoms with E-state index in [4.69, 9.17) is 16.8 Å². The number of nitrogens with one attached hydrogen (secondary N) is 2. The molecule has 2 rings (SSSR count). The number of Topliss-reactive ketones (excluding diaryl/α,β-unsaturated/α-hetero) is 1. The summed E-state index contributed by atoms with van der Waals surface area (Å²) in [5.74, 6) is -0.683. The molecule has 21 heavy (non-hydrogen) atoms. The first kappa shape index (κ1) is 15.0. The molecule has 0 atom stereocenters. The largest absolute Gasteiger partial charge is 0.345 e. The van der Waals surface area contributed by atoms with Crippen molar-refractivity contribution in [1.29, 1.82) is 0 Å². The Morgan fingerprint density at radius 1 is 1.10 bits per heavy atom. The molecule has 108 valence electrons. The van der Waals surface area contributed by atoms with Gasteiger partial charge in [0.05, 0.1) is 22.8 Å². The smallest absolute Gasteiger partial charge is 0.253 e. The average Bonchev–Trinajstić information content (AvgIpc) is 2.53. The van der Waals surface area contributed by atoms with Gasteiger partial charge in [0.1, 0.15) is 0 Å². The highest BCUT2D eigenvalue weighted by molar-refractivity contribution is 6.34. The van der Waals surface area contributed by atoms with Gasteiger partial charge in [-0.25, -0.2) is 0 Å². The average molecular weight is 305 g/mol. The van der Waals surface area contributed by atoms with Crippen LogP contribution < -0.4 is 10.8 Å². The fourth-order valence-corrected chi connectivity index (χ4v) is 1.95. The van der Waals surface area contributed by atoms with E-state index in [2.05, 4.69) is 5.32 Å². The van der Waals surface area contributed by atoms with Gasteiger partial charge < -0.3 is 5.32 Å². The number of amides is 1. The van der Waals surface area contributed by atoms with Crippen LogP contribution in [0.5, 0.6) is 0 Å². The summed E-state index contributed by atoms with van der Waals surface area (Å²) in [6, 6.07) is 13.1. The molecule has 0 heterocycles. The van der Waals surface area contributed by atoms with Crippen LogP contribution in [0.2, 0.25) is 5.02 Å². The number of carbonyl (C=O) groups is 2. The monoisotopic (exact) mass is 304 g/mol. The molecule has 0 aliphatic rings. The molecule has 0 bridgehead atoms. The van der Waals surface area contributed by atoms with Crippen molar-refractivity contribution in [3.63, 3.8) is 0 Å². The van der Waals surface area contributed by atoms with Crippen LogP contribution in [0.1, 0.15) is 20.7 Å². The molecule has 0 spiro atoms. The van der Waals surface area contributed by atoms with Gasteiger partial charge in [-0.3, -0.25) is 20.3 Å². The summed E-state index contributed by atoms with van der Waals surface area (Å²) in [4.78, 5) is 23.9. The van der Waals surface area contributed by atoms with Gasteiger partial charge >= 0.3 is 0 Å². The van der Waals surface area contributed by atoms with Gasteiger partial charge in [0, 0.05) is 5.56 Å². The van der Waals surface area contributed by atoms with Crippen LogP contribution in [-0.4, -0.2) is 23.4 Å². The van der Waals surface area contributed by atoms with E-state index < -0.39 is 5.91 Å². The Kier molecular flexibility index (Phi) is 4.92. The molecule has 0 aliphatic carbocycles. The summed E-state index contributed by atoms with van der Waals surface area (Å²) in [6.45, 7) is -0.129. The number of benzene rings is 2. The summed E-state index contributed by atoms with van der Waals surface area (Å²) < 4.78 is 0. The van der Waals surface area contributed by atoms with Crippen molar-refractivity contribution in [3.05, 3.63) is 64.7 Å². The molecule has 6 heteroatoms. The molecule has 2 aromatic carbocycles. The van der Waals surface area contributed by atoms with Crippen molar-refractivity contribution < 1.29 is 14.8 Å². The van der Waals surface area contributed by atoms with Gasteiger partial charge in [-0.1, -0.05) is 41.9 Å². The maximum Gasteiger partial charge on any atom is 0.253 e. The number of rotatable bonds is 5. The van der Waals surface area contributed by atoms with Crippen LogP contribution in [0.25, 0.3) is 0 Å². The second-order valence-electron chi connectivity index (χ2n) is 4.28. The first-order chi connectivity index (χ1) is 10.1. The van der Waals surface area contributed by atoms with Crippen molar-refractivity contribution in [2.45, 2.75) is 0 Å². The van der Waals surface area contributed by atoms with Crippen LogP contribution >= 0.6 is 11.6 Å². The molecule has 3 N–H and O–H groups in total. The fraction of sp³-hybridized carbons (Fsp3) is 0.0667. The predicted molar refractivity (Wildman–Crippen MR) is 80.0 cm³/mol.